The van der Waals surface area contributed by atoms with Crippen molar-refractivity contribution in [3.05, 3.63) is 0 Å². The van der Waals surface area contributed by atoms with Crippen LogP contribution in [0.5, 0.6) is 0 Å². The molecule has 6 heteroatoms. The highest BCUT2D eigenvalue weighted by Crippen LogP contribution is 1.87. The highest BCUT2D eigenvalue weighted by Gasteiger charge is 2.19. The van der Waals surface area contributed by atoms with Gasteiger partial charge in [-0.15, -0.1) is 0 Å². The van der Waals surface area contributed by atoms with E-state index in [0.717, 1.165) is 0 Å². The largest absolute Gasteiger partial charge is 0.480 e. The molecule has 0 bridgehead atoms. The molecule has 1 atom stereocenters. The molecule has 0 aromatic heterocycles. The molecule has 0 unspecified atom stereocenters. The molecule has 0 fully saturated rings. The molecular formula is C6H13NO5. The Kier molecular flexibility index (Phi) is 5.56. The molecule has 0 aliphatic rings. The number of carboxylic acid groups (broad SMARTS) is 1. The standard InChI is InChI=1S/C6H13NO5/c8-1-4(2-9)7-5(3-10)6(11)12/h4-5,7-10H,1-3H2,(H,11,12)/t5-/m0/s1. The van der Waals surface area contributed by atoms with Crippen molar-refractivity contribution in [2.45, 2.75) is 12.1 Å². The molecule has 0 saturated heterocycles. The maximum absolute atomic E-state index is 10.3. The number of carbonyl (C=O) groups is 1. The van der Waals surface area contributed by atoms with Crippen LogP contribution in [-0.4, -0.2) is 58.3 Å². The van der Waals surface area contributed by atoms with Gasteiger partial charge in [-0.05, 0) is 0 Å². The highest BCUT2D eigenvalue weighted by atomic mass is 16.4. The van der Waals surface area contributed by atoms with Crippen molar-refractivity contribution >= 4 is 5.97 Å². The molecule has 72 valence electrons. The van der Waals surface area contributed by atoms with Crippen LogP contribution >= 0.6 is 0 Å². The van der Waals surface area contributed by atoms with Crippen LogP contribution in [0.4, 0.5) is 0 Å². The summed E-state index contributed by atoms with van der Waals surface area (Å²) in [6.07, 6.45) is 0. The van der Waals surface area contributed by atoms with Crippen LogP contribution in [0.25, 0.3) is 0 Å². The van der Waals surface area contributed by atoms with Gasteiger partial charge in [0.2, 0.25) is 0 Å². The van der Waals surface area contributed by atoms with E-state index in [-0.39, 0.29) is 13.2 Å². The topological polar surface area (TPSA) is 110 Å². The highest BCUT2D eigenvalue weighted by molar-refractivity contribution is 5.73. The van der Waals surface area contributed by atoms with E-state index in [9.17, 15) is 4.79 Å². The average Bonchev–Trinajstić information content (AvgIpc) is 2.06. The molecule has 0 aromatic rings. The fraction of sp³-hybridized carbons (Fsp3) is 0.833. The summed E-state index contributed by atoms with van der Waals surface area (Å²) in [6, 6.07) is -1.85. The summed E-state index contributed by atoms with van der Waals surface area (Å²) in [6.45, 7) is -1.33. The van der Waals surface area contributed by atoms with Crippen LogP contribution in [0.1, 0.15) is 0 Å². The fourth-order valence-corrected chi connectivity index (χ4v) is 0.650. The van der Waals surface area contributed by atoms with Crippen molar-refractivity contribution in [3.8, 4) is 0 Å². The van der Waals surface area contributed by atoms with Gasteiger partial charge in [0.1, 0.15) is 6.04 Å². The van der Waals surface area contributed by atoms with Gasteiger partial charge in [-0.3, -0.25) is 10.1 Å². The second-order valence-corrected chi connectivity index (χ2v) is 2.30. The molecule has 0 aliphatic heterocycles. The zero-order valence-corrected chi connectivity index (χ0v) is 6.47. The third-order valence-electron chi connectivity index (χ3n) is 1.36. The summed E-state index contributed by atoms with van der Waals surface area (Å²) in [7, 11) is 0. The molecule has 0 aromatic carbocycles. The van der Waals surface area contributed by atoms with E-state index < -0.39 is 24.7 Å². The Bertz CT molecular complexity index is 136. The first-order valence-corrected chi connectivity index (χ1v) is 3.47. The van der Waals surface area contributed by atoms with Gasteiger partial charge in [-0.2, -0.15) is 0 Å². The minimum Gasteiger partial charge on any atom is -0.480 e. The first-order valence-electron chi connectivity index (χ1n) is 3.47. The quantitative estimate of drug-likeness (QED) is 0.305. The summed E-state index contributed by atoms with van der Waals surface area (Å²) >= 11 is 0. The van der Waals surface area contributed by atoms with Gasteiger partial charge in [0.05, 0.1) is 25.9 Å². The number of rotatable bonds is 6. The van der Waals surface area contributed by atoms with Crippen LogP contribution in [0.3, 0.4) is 0 Å². The summed E-state index contributed by atoms with van der Waals surface area (Å²) in [5.74, 6) is -1.22. The van der Waals surface area contributed by atoms with Crippen LogP contribution in [0.2, 0.25) is 0 Å². The van der Waals surface area contributed by atoms with E-state index in [1.807, 2.05) is 0 Å². The van der Waals surface area contributed by atoms with Gasteiger partial charge < -0.3 is 20.4 Å². The molecule has 0 saturated carbocycles. The molecular weight excluding hydrogens is 166 g/mol. The number of aliphatic carboxylic acids is 1. The maximum Gasteiger partial charge on any atom is 0.323 e. The zero-order valence-electron chi connectivity index (χ0n) is 6.47. The van der Waals surface area contributed by atoms with Crippen molar-refractivity contribution < 1.29 is 25.2 Å². The average molecular weight is 179 g/mol. The van der Waals surface area contributed by atoms with Crippen molar-refractivity contribution in [3.63, 3.8) is 0 Å². The second kappa shape index (κ2) is 5.90. The zero-order chi connectivity index (χ0) is 9.56. The van der Waals surface area contributed by atoms with Gasteiger partial charge in [0, 0.05) is 0 Å². The van der Waals surface area contributed by atoms with E-state index >= 15 is 0 Å². The molecule has 0 spiro atoms. The Balaban J connectivity index is 3.91. The Morgan fingerprint density at radius 1 is 1.17 bits per heavy atom. The molecule has 0 amide bonds. The smallest absolute Gasteiger partial charge is 0.323 e. The Morgan fingerprint density at radius 3 is 1.92 bits per heavy atom. The van der Waals surface area contributed by atoms with Gasteiger partial charge in [-0.1, -0.05) is 0 Å². The summed E-state index contributed by atoms with van der Waals surface area (Å²) in [4.78, 5) is 10.3. The SMILES string of the molecule is O=C(O)[C@H](CO)NC(CO)CO. The predicted molar refractivity (Wildman–Crippen MR) is 39.6 cm³/mol. The lowest BCUT2D eigenvalue weighted by atomic mass is 10.2. The van der Waals surface area contributed by atoms with Crippen LogP contribution in [0, 0.1) is 0 Å². The van der Waals surface area contributed by atoms with E-state index in [4.69, 9.17) is 20.4 Å². The van der Waals surface area contributed by atoms with E-state index in [1.165, 1.54) is 0 Å². The van der Waals surface area contributed by atoms with Gasteiger partial charge in [0.15, 0.2) is 0 Å². The van der Waals surface area contributed by atoms with Crippen molar-refractivity contribution in [1.82, 2.24) is 5.32 Å². The molecule has 5 N–H and O–H groups in total. The number of nitrogens with one attached hydrogen (secondary N) is 1. The second-order valence-electron chi connectivity index (χ2n) is 2.30. The number of aliphatic hydroxyl groups excluding tert-OH is 3. The first kappa shape index (κ1) is 11.3. The minimum atomic E-state index is -1.22. The van der Waals surface area contributed by atoms with Crippen LogP contribution < -0.4 is 5.32 Å². The Hall–Kier alpha value is -0.690. The predicted octanol–water partition coefficient (Wildman–Crippen LogP) is -2.63. The summed E-state index contributed by atoms with van der Waals surface area (Å²) in [5.41, 5.74) is 0. The minimum absolute atomic E-state index is 0.375. The third kappa shape index (κ3) is 3.63. The lowest BCUT2D eigenvalue weighted by Crippen LogP contribution is -2.48. The van der Waals surface area contributed by atoms with Gasteiger partial charge >= 0.3 is 5.97 Å². The van der Waals surface area contributed by atoms with Crippen molar-refractivity contribution in [2.24, 2.45) is 0 Å². The van der Waals surface area contributed by atoms with E-state index in [2.05, 4.69) is 5.32 Å². The third-order valence-corrected chi connectivity index (χ3v) is 1.36. The lowest BCUT2D eigenvalue weighted by Gasteiger charge is -2.17. The van der Waals surface area contributed by atoms with Crippen molar-refractivity contribution in [2.75, 3.05) is 19.8 Å². The summed E-state index contributed by atoms with van der Waals surface area (Å²) < 4.78 is 0. The van der Waals surface area contributed by atoms with Crippen LogP contribution in [0.15, 0.2) is 0 Å². The van der Waals surface area contributed by atoms with Gasteiger partial charge in [0.25, 0.3) is 0 Å². The van der Waals surface area contributed by atoms with E-state index in [1.54, 1.807) is 0 Å². The van der Waals surface area contributed by atoms with E-state index in [0.29, 0.717) is 0 Å². The number of carboxylic acids is 1. The normalized spacial score (nSPS) is 13.3. The molecule has 12 heavy (non-hydrogen) atoms. The van der Waals surface area contributed by atoms with Crippen molar-refractivity contribution in [1.29, 1.82) is 0 Å². The maximum atomic E-state index is 10.3. The Morgan fingerprint density at radius 2 is 1.67 bits per heavy atom. The van der Waals surface area contributed by atoms with Gasteiger partial charge in [-0.25, -0.2) is 0 Å². The fourth-order valence-electron chi connectivity index (χ4n) is 0.650. The molecule has 0 radical (unpaired) electrons. The Labute approximate surface area is 69.5 Å². The van der Waals surface area contributed by atoms with Crippen LogP contribution in [-0.2, 0) is 4.79 Å². The molecule has 0 heterocycles. The molecule has 6 nitrogen and oxygen atoms in total. The number of hydrogen-bond donors (Lipinski definition) is 5. The number of aliphatic hydroxyl groups is 3. The monoisotopic (exact) mass is 179 g/mol. The number of hydrogen-bond acceptors (Lipinski definition) is 5. The molecule has 0 aliphatic carbocycles. The molecule has 0 rings (SSSR count). The summed E-state index contributed by atoms with van der Waals surface area (Å²) in [5, 5.41) is 36.4. The first-order chi connectivity index (χ1) is 5.65. The lowest BCUT2D eigenvalue weighted by molar-refractivity contribution is -0.140.